The third-order valence-electron chi connectivity index (χ3n) is 3.17. The van der Waals surface area contributed by atoms with Gasteiger partial charge in [0.25, 0.3) is 0 Å². The number of nitrogens with zero attached hydrogens (tertiary/aromatic N) is 1. The van der Waals surface area contributed by atoms with Crippen molar-refractivity contribution in [3.8, 4) is 5.75 Å². The van der Waals surface area contributed by atoms with Gasteiger partial charge in [0.05, 0.1) is 7.11 Å². The summed E-state index contributed by atoms with van der Waals surface area (Å²) in [6.07, 6.45) is 0.932. The van der Waals surface area contributed by atoms with E-state index in [2.05, 4.69) is 10.2 Å². The van der Waals surface area contributed by atoms with Crippen molar-refractivity contribution in [1.82, 2.24) is 5.32 Å². The number of methoxy groups -OCH3 is 1. The van der Waals surface area contributed by atoms with E-state index in [1.165, 1.54) is 0 Å². The van der Waals surface area contributed by atoms with Gasteiger partial charge in [-0.2, -0.15) is 0 Å². The molecule has 5 nitrogen and oxygen atoms in total. The van der Waals surface area contributed by atoms with Crippen LogP contribution in [0.5, 0.6) is 5.75 Å². The molecule has 1 atom stereocenters. The first-order chi connectivity index (χ1) is 8.69. The fourth-order valence-corrected chi connectivity index (χ4v) is 2.31. The normalized spacial score (nSPS) is 19.4. The fraction of sp³-hybridized carbons (Fsp3) is 0.462. The minimum Gasteiger partial charge on any atom is -0.497 e. The van der Waals surface area contributed by atoms with Crippen LogP contribution in [0, 0.1) is 0 Å². The van der Waals surface area contributed by atoms with E-state index in [-0.39, 0.29) is 6.04 Å². The van der Waals surface area contributed by atoms with Crippen LogP contribution >= 0.6 is 0 Å². The number of anilines is 1. The third kappa shape index (κ3) is 3.06. The number of hydrogen-bond donors (Lipinski definition) is 2. The Hall–Kier alpha value is -1.91. The summed E-state index contributed by atoms with van der Waals surface area (Å²) in [5.41, 5.74) is 1.08. The highest BCUT2D eigenvalue weighted by Gasteiger charge is 2.21. The molecular weight excluding hydrogens is 232 g/mol. The number of carbonyl (C=O) groups is 1. The maximum atomic E-state index is 10.7. The Morgan fingerprint density at radius 1 is 1.56 bits per heavy atom. The number of benzene rings is 1. The Morgan fingerprint density at radius 3 is 3.11 bits per heavy atom. The average molecular weight is 250 g/mol. The molecule has 1 aromatic rings. The van der Waals surface area contributed by atoms with Crippen LogP contribution in [0.1, 0.15) is 12.8 Å². The second kappa shape index (κ2) is 5.62. The van der Waals surface area contributed by atoms with E-state index in [9.17, 15) is 4.79 Å². The first-order valence-corrected chi connectivity index (χ1v) is 6.07. The molecule has 0 bridgehead atoms. The highest BCUT2D eigenvalue weighted by molar-refractivity contribution is 5.65. The predicted molar refractivity (Wildman–Crippen MR) is 69.4 cm³/mol. The number of piperidine rings is 1. The average Bonchev–Trinajstić information content (AvgIpc) is 2.38. The summed E-state index contributed by atoms with van der Waals surface area (Å²) >= 11 is 0. The van der Waals surface area contributed by atoms with Crippen LogP contribution in [-0.2, 0) is 0 Å². The van der Waals surface area contributed by atoms with Crippen molar-refractivity contribution in [3.63, 3.8) is 0 Å². The summed E-state index contributed by atoms with van der Waals surface area (Å²) < 4.78 is 5.20. The van der Waals surface area contributed by atoms with E-state index in [0.717, 1.165) is 30.8 Å². The van der Waals surface area contributed by atoms with Gasteiger partial charge in [0, 0.05) is 30.9 Å². The summed E-state index contributed by atoms with van der Waals surface area (Å²) in [5, 5.41) is 11.3. The Labute approximate surface area is 106 Å². The van der Waals surface area contributed by atoms with Crippen LogP contribution in [0.4, 0.5) is 10.5 Å². The van der Waals surface area contributed by atoms with Crippen molar-refractivity contribution in [2.24, 2.45) is 0 Å². The van der Waals surface area contributed by atoms with Gasteiger partial charge in [-0.1, -0.05) is 6.07 Å². The van der Waals surface area contributed by atoms with Gasteiger partial charge in [0.2, 0.25) is 0 Å². The van der Waals surface area contributed by atoms with E-state index < -0.39 is 6.09 Å². The van der Waals surface area contributed by atoms with Crippen molar-refractivity contribution in [3.05, 3.63) is 24.3 Å². The van der Waals surface area contributed by atoms with Crippen molar-refractivity contribution in [2.45, 2.75) is 18.9 Å². The van der Waals surface area contributed by atoms with Crippen LogP contribution in [0.25, 0.3) is 0 Å². The van der Waals surface area contributed by atoms with Gasteiger partial charge in [-0.3, -0.25) is 0 Å². The monoisotopic (exact) mass is 250 g/mol. The van der Waals surface area contributed by atoms with Gasteiger partial charge in [-0.05, 0) is 25.0 Å². The molecule has 18 heavy (non-hydrogen) atoms. The Bertz CT molecular complexity index is 422. The molecule has 0 saturated carbocycles. The molecule has 1 unspecified atom stereocenters. The van der Waals surface area contributed by atoms with Gasteiger partial charge in [-0.25, -0.2) is 4.79 Å². The SMILES string of the molecule is COc1cccc(N2CCCC(NC(=O)O)C2)c1. The molecule has 0 aromatic heterocycles. The highest BCUT2D eigenvalue weighted by atomic mass is 16.5. The van der Waals surface area contributed by atoms with Gasteiger partial charge in [-0.15, -0.1) is 0 Å². The number of carboxylic acid groups (broad SMARTS) is 1. The largest absolute Gasteiger partial charge is 0.497 e. The zero-order chi connectivity index (χ0) is 13.0. The first kappa shape index (κ1) is 12.5. The fourth-order valence-electron chi connectivity index (χ4n) is 2.31. The van der Waals surface area contributed by atoms with Crippen LogP contribution in [0.2, 0.25) is 0 Å². The summed E-state index contributed by atoms with van der Waals surface area (Å²) in [7, 11) is 1.64. The summed E-state index contributed by atoms with van der Waals surface area (Å²) in [4.78, 5) is 12.8. The minimum atomic E-state index is -0.951. The molecule has 1 amide bonds. The van der Waals surface area contributed by atoms with E-state index in [1.807, 2.05) is 24.3 Å². The number of ether oxygens (including phenoxy) is 1. The van der Waals surface area contributed by atoms with Crippen LogP contribution < -0.4 is 15.0 Å². The summed E-state index contributed by atoms with van der Waals surface area (Å²) in [6.45, 7) is 1.66. The first-order valence-electron chi connectivity index (χ1n) is 6.07. The lowest BCUT2D eigenvalue weighted by Gasteiger charge is -2.34. The molecule has 1 saturated heterocycles. The maximum Gasteiger partial charge on any atom is 0.404 e. The molecule has 2 rings (SSSR count). The molecule has 0 spiro atoms. The lowest BCUT2D eigenvalue weighted by molar-refractivity contribution is 0.188. The summed E-state index contributed by atoms with van der Waals surface area (Å²) in [6, 6.07) is 7.85. The van der Waals surface area contributed by atoms with Crippen molar-refractivity contribution in [2.75, 3.05) is 25.1 Å². The smallest absolute Gasteiger partial charge is 0.404 e. The van der Waals surface area contributed by atoms with E-state index in [4.69, 9.17) is 9.84 Å². The van der Waals surface area contributed by atoms with Crippen molar-refractivity contribution < 1.29 is 14.6 Å². The molecule has 0 radical (unpaired) electrons. The van der Waals surface area contributed by atoms with Crippen LogP contribution in [-0.4, -0.2) is 37.4 Å². The lowest BCUT2D eigenvalue weighted by Crippen LogP contribution is -2.47. The van der Waals surface area contributed by atoms with E-state index in [1.54, 1.807) is 7.11 Å². The zero-order valence-corrected chi connectivity index (χ0v) is 10.4. The Morgan fingerprint density at radius 2 is 2.39 bits per heavy atom. The quantitative estimate of drug-likeness (QED) is 0.860. The van der Waals surface area contributed by atoms with Crippen LogP contribution in [0.15, 0.2) is 24.3 Å². The van der Waals surface area contributed by atoms with Gasteiger partial charge in [0.1, 0.15) is 5.75 Å². The molecule has 1 heterocycles. The summed E-state index contributed by atoms with van der Waals surface area (Å²) in [5.74, 6) is 0.820. The minimum absolute atomic E-state index is 0.00227. The van der Waals surface area contributed by atoms with Gasteiger partial charge < -0.3 is 20.1 Å². The molecule has 1 aliphatic heterocycles. The van der Waals surface area contributed by atoms with Crippen molar-refractivity contribution in [1.29, 1.82) is 0 Å². The standard InChI is InChI=1S/C13H18N2O3/c1-18-12-6-2-5-11(8-12)15-7-3-4-10(9-15)14-13(16)17/h2,5-6,8,10,14H,3-4,7,9H2,1H3,(H,16,17). The van der Waals surface area contributed by atoms with Gasteiger partial charge in [0.15, 0.2) is 0 Å². The maximum absolute atomic E-state index is 10.7. The van der Waals surface area contributed by atoms with Crippen LogP contribution in [0.3, 0.4) is 0 Å². The number of amides is 1. The topological polar surface area (TPSA) is 61.8 Å². The van der Waals surface area contributed by atoms with Gasteiger partial charge >= 0.3 is 6.09 Å². The molecule has 1 aromatic carbocycles. The molecule has 1 aliphatic rings. The zero-order valence-electron chi connectivity index (χ0n) is 10.4. The second-order valence-corrected chi connectivity index (χ2v) is 4.44. The molecule has 0 aliphatic carbocycles. The lowest BCUT2D eigenvalue weighted by atomic mass is 10.1. The van der Waals surface area contributed by atoms with Crippen molar-refractivity contribution >= 4 is 11.8 Å². The molecule has 2 N–H and O–H groups in total. The number of hydrogen-bond acceptors (Lipinski definition) is 3. The molecule has 1 fully saturated rings. The van der Waals surface area contributed by atoms with E-state index >= 15 is 0 Å². The highest BCUT2D eigenvalue weighted by Crippen LogP contribution is 2.24. The number of rotatable bonds is 3. The predicted octanol–water partition coefficient (Wildman–Crippen LogP) is 1.93. The second-order valence-electron chi connectivity index (χ2n) is 4.44. The molecular formula is C13H18N2O3. The molecule has 5 heteroatoms. The van der Waals surface area contributed by atoms with E-state index in [0.29, 0.717) is 6.54 Å². The Kier molecular flexibility index (Phi) is 3.92. The molecule has 98 valence electrons. The number of nitrogens with one attached hydrogen (secondary N) is 1. The third-order valence-corrected chi connectivity index (χ3v) is 3.17. The Balaban J connectivity index is 2.05.